The lowest BCUT2D eigenvalue weighted by Crippen LogP contribution is -2.47. The fourth-order valence-electron chi connectivity index (χ4n) is 7.73. The number of aromatic nitrogens is 5. The first-order chi connectivity index (χ1) is 20.1. The maximum Gasteiger partial charge on any atom is 0.248 e. The summed E-state index contributed by atoms with van der Waals surface area (Å²) in [5.74, 6) is 2.06. The standard InChI is InChI=1S/C32H36N8O/c1-41-30-23-16-27(30)39(18-23)25-13-10-19-9-12-24(15-21(19)11-14-25)34-32-35-31(33)40(38-32)28-17-22-7-4-6-20-5-2-3-8-26(20)29(22)37-36-28/h2-3,5,8-9,12,15,17,23,25,27,30H,4,6-7,10-11,13-14,16,18H2,1H3,(H3,33,34,35,38)/t23?,25-,27?,30?/m0/s1. The Kier molecular flexibility index (Phi) is 6.03. The van der Waals surface area contributed by atoms with Crippen LogP contribution in [0.5, 0.6) is 0 Å². The summed E-state index contributed by atoms with van der Waals surface area (Å²) in [6.07, 6.45) is 9.41. The number of hydrogen-bond donors (Lipinski definition) is 2. The summed E-state index contributed by atoms with van der Waals surface area (Å²) in [5.41, 5.74) is 14.8. The van der Waals surface area contributed by atoms with Crippen molar-refractivity contribution in [2.45, 2.75) is 69.6 Å². The van der Waals surface area contributed by atoms with Crippen molar-refractivity contribution in [1.29, 1.82) is 0 Å². The summed E-state index contributed by atoms with van der Waals surface area (Å²) in [5, 5.41) is 17.2. The second kappa shape index (κ2) is 9.92. The molecule has 4 aromatic rings. The summed E-state index contributed by atoms with van der Waals surface area (Å²) in [7, 11) is 1.87. The highest BCUT2D eigenvalue weighted by Crippen LogP contribution is 2.45. The average molecular weight is 549 g/mol. The average Bonchev–Trinajstić information content (AvgIpc) is 3.59. The molecular formula is C32H36N8O. The molecule has 9 heteroatoms. The summed E-state index contributed by atoms with van der Waals surface area (Å²) in [6.45, 7) is 1.20. The van der Waals surface area contributed by atoms with Crippen LogP contribution in [-0.4, -0.2) is 61.7 Å². The van der Waals surface area contributed by atoms with Gasteiger partial charge in [-0.05, 0) is 91.8 Å². The topological polar surface area (TPSA) is 107 Å². The number of ether oxygens (including phenoxy) is 1. The summed E-state index contributed by atoms with van der Waals surface area (Å²) in [4.78, 5) is 7.25. The van der Waals surface area contributed by atoms with E-state index < -0.39 is 0 Å². The van der Waals surface area contributed by atoms with E-state index in [-0.39, 0.29) is 5.95 Å². The highest BCUT2D eigenvalue weighted by atomic mass is 16.5. The number of nitrogens with zero attached hydrogens (tertiary/aromatic N) is 6. The van der Waals surface area contributed by atoms with Crippen molar-refractivity contribution < 1.29 is 4.74 Å². The SMILES string of the molecule is COC1C2CC1N([C@H]1CCc3ccc(Nc4nc(N)n(-c5cc6c(nn5)-c5ccccc5CCC6)n4)cc3CC1)C2. The first kappa shape index (κ1) is 24.9. The minimum Gasteiger partial charge on any atom is -0.379 e. The molecule has 0 spiro atoms. The number of methoxy groups -OCH3 is 1. The van der Waals surface area contributed by atoms with Gasteiger partial charge in [-0.3, -0.25) is 4.90 Å². The molecule has 1 saturated carbocycles. The van der Waals surface area contributed by atoms with E-state index in [1.807, 2.05) is 7.11 Å². The molecule has 2 saturated heterocycles. The Hall–Kier alpha value is -3.82. The predicted octanol–water partition coefficient (Wildman–Crippen LogP) is 4.51. The van der Waals surface area contributed by atoms with Gasteiger partial charge >= 0.3 is 0 Å². The van der Waals surface area contributed by atoms with Crippen LogP contribution in [0.25, 0.3) is 17.1 Å². The first-order valence-electron chi connectivity index (χ1n) is 15.0. The predicted molar refractivity (Wildman–Crippen MR) is 158 cm³/mol. The van der Waals surface area contributed by atoms with Crippen LogP contribution >= 0.6 is 0 Å². The largest absolute Gasteiger partial charge is 0.379 e. The van der Waals surface area contributed by atoms with E-state index in [0.717, 1.165) is 55.0 Å². The Morgan fingerprint density at radius 1 is 0.927 bits per heavy atom. The number of nitrogen functional groups attached to an aromatic ring is 1. The molecule has 210 valence electrons. The van der Waals surface area contributed by atoms with Crippen molar-refractivity contribution in [1.82, 2.24) is 29.9 Å². The van der Waals surface area contributed by atoms with Crippen molar-refractivity contribution in [2.24, 2.45) is 5.92 Å². The quantitative estimate of drug-likeness (QED) is 0.351. The van der Waals surface area contributed by atoms with Crippen LogP contribution in [-0.2, 0) is 30.4 Å². The molecule has 3 aliphatic carbocycles. The third-order valence-corrected chi connectivity index (χ3v) is 9.83. The Balaban J connectivity index is 0.991. The molecule has 2 aromatic carbocycles. The van der Waals surface area contributed by atoms with Gasteiger partial charge in [0.05, 0.1) is 11.8 Å². The van der Waals surface area contributed by atoms with E-state index >= 15 is 0 Å². The molecule has 9 rings (SSSR count). The Labute approximate surface area is 240 Å². The van der Waals surface area contributed by atoms with Gasteiger partial charge in [-0.25, -0.2) is 0 Å². The zero-order valence-corrected chi connectivity index (χ0v) is 23.5. The Bertz CT molecular complexity index is 1620. The van der Waals surface area contributed by atoms with E-state index in [9.17, 15) is 0 Å². The van der Waals surface area contributed by atoms with Crippen LogP contribution < -0.4 is 11.1 Å². The zero-order valence-electron chi connectivity index (χ0n) is 23.5. The summed E-state index contributed by atoms with van der Waals surface area (Å²) in [6, 6.07) is 18.4. The van der Waals surface area contributed by atoms with Gasteiger partial charge in [0.1, 0.15) is 0 Å². The summed E-state index contributed by atoms with van der Waals surface area (Å²) >= 11 is 0. The number of nitrogens with one attached hydrogen (secondary N) is 1. The highest BCUT2D eigenvalue weighted by Gasteiger charge is 2.53. The van der Waals surface area contributed by atoms with Crippen LogP contribution in [0.1, 0.15) is 47.9 Å². The van der Waals surface area contributed by atoms with Crippen molar-refractivity contribution >= 4 is 17.6 Å². The van der Waals surface area contributed by atoms with Gasteiger partial charge in [0.25, 0.3) is 0 Å². The van der Waals surface area contributed by atoms with Crippen LogP contribution in [0, 0.1) is 5.92 Å². The molecule has 4 heterocycles. The van der Waals surface area contributed by atoms with E-state index in [4.69, 9.17) is 10.5 Å². The molecule has 3 fully saturated rings. The second-order valence-electron chi connectivity index (χ2n) is 12.1. The number of anilines is 3. The Morgan fingerprint density at radius 2 is 1.78 bits per heavy atom. The fraction of sp³-hybridized carbons (Fsp3) is 0.438. The fourth-order valence-corrected chi connectivity index (χ4v) is 7.73. The number of fused-ring (bicyclic) bond motifs is 5. The van der Waals surface area contributed by atoms with Crippen LogP contribution in [0.3, 0.4) is 0 Å². The smallest absolute Gasteiger partial charge is 0.248 e. The van der Waals surface area contributed by atoms with Crippen molar-refractivity contribution in [3.05, 3.63) is 70.8 Å². The van der Waals surface area contributed by atoms with Gasteiger partial charge in [0.2, 0.25) is 11.9 Å². The zero-order chi connectivity index (χ0) is 27.5. The lowest BCUT2D eigenvalue weighted by Gasteiger charge is -2.38. The van der Waals surface area contributed by atoms with Crippen LogP contribution in [0.4, 0.5) is 17.6 Å². The molecule has 9 nitrogen and oxygen atoms in total. The molecule has 2 aliphatic heterocycles. The highest BCUT2D eigenvalue weighted by molar-refractivity contribution is 5.68. The molecule has 3 unspecified atom stereocenters. The minimum atomic E-state index is 0.284. The molecule has 0 radical (unpaired) electrons. The van der Waals surface area contributed by atoms with Crippen molar-refractivity contribution in [3.63, 3.8) is 0 Å². The lowest BCUT2D eigenvalue weighted by atomic mass is 9.82. The monoisotopic (exact) mass is 548 g/mol. The van der Waals surface area contributed by atoms with E-state index in [1.54, 1.807) is 4.68 Å². The van der Waals surface area contributed by atoms with Gasteiger partial charge in [0.15, 0.2) is 5.82 Å². The van der Waals surface area contributed by atoms with E-state index in [0.29, 0.717) is 30.0 Å². The summed E-state index contributed by atoms with van der Waals surface area (Å²) < 4.78 is 7.34. The van der Waals surface area contributed by atoms with Gasteiger partial charge < -0.3 is 15.8 Å². The third kappa shape index (κ3) is 4.30. The van der Waals surface area contributed by atoms with Gasteiger partial charge in [-0.15, -0.1) is 15.3 Å². The molecular weight excluding hydrogens is 512 g/mol. The normalized spacial score (nSPS) is 24.9. The molecule has 5 aliphatic rings. The minimum absolute atomic E-state index is 0.284. The number of nitrogens with two attached hydrogens (primary N) is 1. The van der Waals surface area contributed by atoms with E-state index in [2.05, 4.69) is 79.0 Å². The molecule has 0 amide bonds. The molecule has 4 atom stereocenters. The molecule has 41 heavy (non-hydrogen) atoms. The van der Waals surface area contributed by atoms with Crippen LogP contribution in [0.15, 0.2) is 48.5 Å². The number of aryl methyl sites for hydroxylation is 4. The molecule has 3 N–H and O–H groups in total. The van der Waals surface area contributed by atoms with Gasteiger partial charge in [0, 0.05) is 42.9 Å². The number of rotatable bonds is 5. The molecule has 2 bridgehead atoms. The molecule has 2 aromatic heterocycles. The lowest BCUT2D eigenvalue weighted by molar-refractivity contribution is -0.0234. The maximum atomic E-state index is 6.32. The van der Waals surface area contributed by atoms with Gasteiger partial charge in [-0.2, -0.15) is 9.67 Å². The Morgan fingerprint density at radius 3 is 2.66 bits per heavy atom. The number of benzene rings is 2. The maximum absolute atomic E-state index is 6.32. The van der Waals surface area contributed by atoms with E-state index in [1.165, 1.54) is 48.1 Å². The van der Waals surface area contributed by atoms with Crippen molar-refractivity contribution in [3.8, 4) is 17.1 Å². The number of hydrogen-bond acceptors (Lipinski definition) is 8. The van der Waals surface area contributed by atoms with Gasteiger partial charge in [-0.1, -0.05) is 30.3 Å². The van der Waals surface area contributed by atoms with Crippen LogP contribution in [0.2, 0.25) is 0 Å². The first-order valence-corrected chi connectivity index (χ1v) is 15.0. The second-order valence-corrected chi connectivity index (χ2v) is 12.1. The third-order valence-electron chi connectivity index (χ3n) is 9.83. The van der Waals surface area contributed by atoms with Crippen molar-refractivity contribution in [2.75, 3.05) is 24.7 Å².